The summed E-state index contributed by atoms with van der Waals surface area (Å²) in [5.74, 6) is -3.42. The van der Waals surface area contributed by atoms with E-state index in [0.29, 0.717) is 18.7 Å². The highest BCUT2D eigenvalue weighted by Crippen LogP contribution is 2.16. The van der Waals surface area contributed by atoms with Crippen molar-refractivity contribution < 1.29 is 13.2 Å². The summed E-state index contributed by atoms with van der Waals surface area (Å²) in [5, 5.41) is 4.12. The highest BCUT2D eigenvalue weighted by Gasteiger charge is 2.17. The quantitative estimate of drug-likeness (QED) is 0.324. The third-order valence-corrected chi connectivity index (χ3v) is 4.59. The predicted octanol–water partition coefficient (Wildman–Crippen LogP) is 1.42. The molecule has 3 aromatic rings. The van der Waals surface area contributed by atoms with Gasteiger partial charge in [0.1, 0.15) is 12.1 Å². The Labute approximate surface area is 166 Å². The van der Waals surface area contributed by atoms with Crippen LogP contribution in [0, 0.1) is 17.5 Å². The van der Waals surface area contributed by atoms with Crippen LogP contribution < -0.4 is 11.4 Å². The topological polar surface area (TPSA) is 87.6 Å². The van der Waals surface area contributed by atoms with Crippen LogP contribution in [0.4, 0.5) is 13.2 Å². The first-order chi connectivity index (χ1) is 13.8. The van der Waals surface area contributed by atoms with Crippen LogP contribution in [0.25, 0.3) is 0 Å². The lowest BCUT2D eigenvalue weighted by Crippen LogP contribution is -2.43. The Kier molecular flexibility index (Phi) is 6.01. The van der Waals surface area contributed by atoms with Gasteiger partial charge in [0, 0.05) is 11.6 Å². The second-order valence-electron chi connectivity index (χ2n) is 5.87. The van der Waals surface area contributed by atoms with Crippen LogP contribution in [0.5, 0.6) is 0 Å². The van der Waals surface area contributed by atoms with Crippen LogP contribution >= 0.6 is 11.8 Å². The summed E-state index contributed by atoms with van der Waals surface area (Å²) in [6.45, 7) is 3.27. The average Bonchev–Trinajstić information content (AvgIpc) is 3.12. The Morgan fingerprint density at radius 3 is 2.52 bits per heavy atom. The maximum atomic E-state index is 14.0. The van der Waals surface area contributed by atoms with E-state index in [2.05, 4.69) is 21.6 Å². The molecule has 0 saturated carbocycles. The summed E-state index contributed by atoms with van der Waals surface area (Å²) in [4.78, 5) is 33.0. The van der Waals surface area contributed by atoms with Gasteiger partial charge in [0.25, 0.3) is 0 Å². The Bertz CT molecular complexity index is 1190. The van der Waals surface area contributed by atoms with E-state index in [9.17, 15) is 22.8 Å². The standard InChI is InChI=1S/C17H15F3N6O2S/c1-3-4-24-9-21-14(23-24)8-25-15(27)22-16(29-2)26(17(25)28)7-10-5-12(19)13(20)6-11(10)18/h3,5-6,9H,1,4,7-8H2,2H3. The Balaban J connectivity index is 2.04. The molecule has 0 aliphatic rings. The summed E-state index contributed by atoms with van der Waals surface area (Å²) >= 11 is 0.984. The van der Waals surface area contributed by atoms with E-state index in [4.69, 9.17) is 0 Å². The summed E-state index contributed by atoms with van der Waals surface area (Å²) in [6, 6.07) is 1.06. The smallest absolute Gasteiger partial charge is 0.268 e. The molecule has 29 heavy (non-hydrogen) atoms. The number of hydrogen-bond donors (Lipinski definition) is 0. The van der Waals surface area contributed by atoms with Crippen molar-refractivity contribution in [1.29, 1.82) is 0 Å². The zero-order chi connectivity index (χ0) is 21.1. The first-order valence-electron chi connectivity index (χ1n) is 8.22. The van der Waals surface area contributed by atoms with Crippen LogP contribution in [-0.4, -0.2) is 35.1 Å². The summed E-state index contributed by atoms with van der Waals surface area (Å²) in [6.07, 6.45) is 4.59. The van der Waals surface area contributed by atoms with E-state index in [1.54, 1.807) is 12.3 Å². The van der Waals surface area contributed by atoms with Gasteiger partial charge in [-0.15, -0.1) is 6.58 Å². The van der Waals surface area contributed by atoms with E-state index in [0.717, 1.165) is 20.9 Å². The van der Waals surface area contributed by atoms with Gasteiger partial charge in [0.05, 0.1) is 19.6 Å². The van der Waals surface area contributed by atoms with Crippen molar-refractivity contribution in [3.8, 4) is 0 Å². The van der Waals surface area contributed by atoms with Crippen molar-refractivity contribution in [3.63, 3.8) is 0 Å². The lowest BCUT2D eigenvalue weighted by Gasteiger charge is -2.13. The molecule has 0 fully saturated rings. The first-order valence-corrected chi connectivity index (χ1v) is 9.44. The molecule has 8 nitrogen and oxygen atoms in total. The molecule has 3 rings (SSSR count). The van der Waals surface area contributed by atoms with Gasteiger partial charge in [0.2, 0.25) is 0 Å². The molecule has 2 heterocycles. The molecule has 0 N–H and O–H groups in total. The van der Waals surface area contributed by atoms with Gasteiger partial charge in [-0.25, -0.2) is 37.0 Å². The highest BCUT2D eigenvalue weighted by atomic mass is 32.2. The minimum absolute atomic E-state index is 0.00512. The normalized spacial score (nSPS) is 11.0. The molecular weight excluding hydrogens is 409 g/mol. The molecule has 0 saturated heterocycles. The third kappa shape index (κ3) is 4.31. The molecule has 12 heteroatoms. The van der Waals surface area contributed by atoms with Crippen LogP contribution in [0.15, 0.2) is 45.9 Å². The number of benzene rings is 1. The van der Waals surface area contributed by atoms with E-state index in [-0.39, 0.29) is 23.1 Å². The van der Waals surface area contributed by atoms with Crippen LogP contribution in [0.3, 0.4) is 0 Å². The van der Waals surface area contributed by atoms with Crippen LogP contribution in [0.1, 0.15) is 11.4 Å². The molecule has 0 radical (unpaired) electrons. The molecule has 0 amide bonds. The molecule has 0 unspecified atom stereocenters. The lowest BCUT2D eigenvalue weighted by molar-refractivity contribution is 0.476. The summed E-state index contributed by atoms with van der Waals surface area (Å²) < 4.78 is 44.0. The maximum Gasteiger partial charge on any atom is 0.354 e. The Morgan fingerprint density at radius 1 is 1.10 bits per heavy atom. The number of nitrogens with zero attached hydrogens (tertiary/aromatic N) is 6. The van der Waals surface area contributed by atoms with Crippen molar-refractivity contribution in [2.24, 2.45) is 0 Å². The van der Waals surface area contributed by atoms with E-state index < -0.39 is 35.4 Å². The lowest BCUT2D eigenvalue weighted by atomic mass is 10.2. The van der Waals surface area contributed by atoms with Crippen molar-refractivity contribution in [1.82, 2.24) is 28.9 Å². The van der Waals surface area contributed by atoms with E-state index >= 15 is 0 Å². The van der Waals surface area contributed by atoms with Gasteiger partial charge in [0.15, 0.2) is 22.6 Å². The van der Waals surface area contributed by atoms with E-state index in [1.165, 1.54) is 11.0 Å². The number of thioether (sulfide) groups is 1. The largest absolute Gasteiger partial charge is 0.354 e. The van der Waals surface area contributed by atoms with Gasteiger partial charge >= 0.3 is 11.4 Å². The van der Waals surface area contributed by atoms with Crippen molar-refractivity contribution in [2.75, 3.05) is 6.26 Å². The minimum Gasteiger partial charge on any atom is -0.268 e. The fourth-order valence-electron chi connectivity index (χ4n) is 2.56. The second-order valence-corrected chi connectivity index (χ2v) is 6.64. The minimum atomic E-state index is -1.34. The number of aromatic nitrogens is 6. The number of allylic oxidation sites excluding steroid dienone is 1. The van der Waals surface area contributed by atoms with Crippen LogP contribution in [0.2, 0.25) is 0 Å². The summed E-state index contributed by atoms with van der Waals surface area (Å²) in [5.41, 5.74) is -1.90. The molecule has 0 aliphatic heterocycles. The zero-order valence-corrected chi connectivity index (χ0v) is 16.0. The monoisotopic (exact) mass is 424 g/mol. The molecule has 0 atom stereocenters. The van der Waals surface area contributed by atoms with Gasteiger partial charge in [-0.2, -0.15) is 10.1 Å². The van der Waals surface area contributed by atoms with Crippen molar-refractivity contribution in [2.45, 2.75) is 24.8 Å². The van der Waals surface area contributed by atoms with Gasteiger partial charge in [-0.1, -0.05) is 17.8 Å². The molecule has 1 aromatic carbocycles. The van der Waals surface area contributed by atoms with Crippen LogP contribution in [-0.2, 0) is 19.6 Å². The van der Waals surface area contributed by atoms with Gasteiger partial charge in [-0.3, -0.25) is 4.57 Å². The zero-order valence-electron chi connectivity index (χ0n) is 15.2. The number of rotatable bonds is 7. The second kappa shape index (κ2) is 8.47. The average molecular weight is 424 g/mol. The van der Waals surface area contributed by atoms with Crippen molar-refractivity contribution in [3.05, 3.63) is 80.9 Å². The fourth-order valence-corrected chi connectivity index (χ4v) is 3.09. The third-order valence-electron chi connectivity index (χ3n) is 3.91. The Hall–Kier alpha value is -3.15. The van der Waals surface area contributed by atoms with Crippen molar-refractivity contribution >= 4 is 11.8 Å². The molecule has 0 aliphatic carbocycles. The molecule has 152 valence electrons. The molecule has 0 bridgehead atoms. The highest BCUT2D eigenvalue weighted by molar-refractivity contribution is 7.98. The number of hydrogen-bond acceptors (Lipinski definition) is 6. The fraction of sp³-hybridized carbons (Fsp3) is 0.235. The SMILES string of the molecule is C=CCn1cnc(Cn2c(=O)nc(SC)n(Cc3cc(F)c(F)cc3F)c2=O)n1. The van der Waals surface area contributed by atoms with Gasteiger partial charge < -0.3 is 0 Å². The molecule has 2 aromatic heterocycles. The van der Waals surface area contributed by atoms with Gasteiger partial charge in [-0.05, 0) is 12.3 Å². The number of halogens is 3. The molecular formula is C17H15F3N6O2S. The Morgan fingerprint density at radius 2 is 1.83 bits per heavy atom. The first kappa shape index (κ1) is 20.6. The predicted molar refractivity (Wildman–Crippen MR) is 99.3 cm³/mol. The molecule has 0 spiro atoms. The van der Waals surface area contributed by atoms with E-state index in [1.807, 2.05) is 0 Å². The maximum absolute atomic E-state index is 14.0. The summed E-state index contributed by atoms with van der Waals surface area (Å²) in [7, 11) is 0.